The molecule has 0 unspecified atom stereocenters. The number of hydrogen-bond donors (Lipinski definition) is 1. The molecule has 1 aromatic rings. The largest absolute Gasteiger partial charge is 0.411 e. The predicted molar refractivity (Wildman–Crippen MR) is 153 cm³/mol. The minimum absolute atomic E-state index is 0.0162. The van der Waals surface area contributed by atoms with Crippen LogP contribution in [0.1, 0.15) is 64.7 Å². The highest BCUT2D eigenvalue weighted by atomic mass is 28.4. The third kappa shape index (κ3) is 4.80. The van der Waals surface area contributed by atoms with Crippen LogP contribution in [0, 0.1) is 5.92 Å². The monoisotopic (exact) mass is 564 g/mol. The second-order valence-corrected chi connectivity index (χ2v) is 23.7. The van der Waals surface area contributed by atoms with E-state index in [0.29, 0.717) is 18.7 Å². The first-order chi connectivity index (χ1) is 17.4. The first kappa shape index (κ1) is 29.7. The second kappa shape index (κ2) is 9.67. The maximum Gasteiger partial charge on any atom is 0.274 e. The van der Waals surface area contributed by atoms with Gasteiger partial charge in [-0.3, -0.25) is 4.79 Å². The molecule has 4 atom stereocenters. The summed E-state index contributed by atoms with van der Waals surface area (Å²) in [6, 6.07) is 3.75. The minimum atomic E-state index is -2.27. The fourth-order valence-corrected chi connectivity index (χ4v) is 7.86. The van der Waals surface area contributed by atoms with Crippen LogP contribution in [0.2, 0.25) is 36.3 Å². The summed E-state index contributed by atoms with van der Waals surface area (Å²) in [5.74, 6) is -0.0843. The summed E-state index contributed by atoms with van der Waals surface area (Å²) in [5, 5.41) is 12.5. The molecule has 3 heterocycles. The molecule has 1 aliphatic carbocycles. The molecule has 1 fully saturated rings. The van der Waals surface area contributed by atoms with Crippen LogP contribution >= 0.6 is 0 Å². The number of carbonyl (C=O) groups is 1. The van der Waals surface area contributed by atoms with Crippen LogP contribution in [0.4, 0.5) is 0 Å². The molecule has 1 aromatic heterocycles. The van der Waals surface area contributed by atoms with Gasteiger partial charge in [-0.1, -0.05) is 41.5 Å². The van der Waals surface area contributed by atoms with Crippen LogP contribution in [0.5, 0.6) is 0 Å². The number of methoxy groups -OCH3 is 1. The summed E-state index contributed by atoms with van der Waals surface area (Å²) in [7, 11) is -2.92. The van der Waals surface area contributed by atoms with E-state index in [9.17, 15) is 9.90 Å². The molecule has 0 saturated heterocycles. The van der Waals surface area contributed by atoms with Gasteiger partial charge in [-0.2, -0.15) is 0 Å². The first-order valence-corrected chi connectivity index (χ1v) is 19.6. The van der Waals surface area contributed by atoms with Crippen molar-refractivity contribution in [1.82, 2.24) is 9.47 Å². The molecule has 1 N–H and O–H groups in total. The van der Waals surface area contributed by atoms with E-state index in [1.807, 2.05) is 27.8 Å². The van der Waals surface area contributed by atoms with E-state index in [-0.39, 0.29) is 35.3 Å². The Labute approximate surface area is 230 Å². The molecule has 0 radical (unpaired) electrons. The van der Waals surface area contributed by atoms with Crippen molar-refractivity contribution in [3.8, 4) is 0 Å². The maximum atomic E-state index is 13.7. The first-order valence-electron chi connectivity index (χ1n) is 13.7. The molecule has 3 aliphatic rings. The molecule has 0 spiro atoms. The summed E-state index contributed by atoms with van der Waals surface area (Å²) in [6.07, 6.45) is 1.61. The maximum absolute atomic E-state index is 13.7. The average Bonchev–Trinajstić information content (AvgIpc) is 3.45. The normalized spacial score (nSPS) is 28.2. The number of amides is 1. The molecule has 38 heavy (non-hydrogen) atoms. The lowest BCUT2D eigenvalue weighted by Crippen LogP contribution is -2.54. The van der Waals surface area contributed by atoms with Gasteiger partial charge < -0.3 is 32.9 Å². The van der Waals surface area contributed by atoms with Gasteiger partial charge in [0.1, 0.15) is 18.1 Å². The van der Waals surface area contributed by atoms with Crippen molar-refractivity contribution in [3.63, 3.8) is 0 Å². The summed E-state index contributed by atoms with van der Waals surface area (Å²) in [5.41, 5.74) is 0.807. The summed E-state index contributed by atoms with van der Waals surface area (Å²) >= 11 is 0. The summed E-state index contributed by atoms with van der Waals surface area (Å²) in [6.45, 7) is 22.7. The SMILES string of the molecule is COCOC[C@@]1(O)C2=C3[C@@H](O[Si](C)(C)C(C)(C)C)n4cccc4C(=O)N3C[C@H]2C[C@H]1O[Si](C)(C)C(C)(C)C. The topological polar surface area (TPSA) is 82.4 Å². The Balaban J connectivity index is 1.86. The fraction of sp³-hybridized carbons (Fsp3) is 0.750. The summed E-state index contributed by atoms with van der Waals surface area (Å²) in [4.78, 5) is 15.5. The number of aliphatic hydroxyl groups is 1. The van der Waals surface area contributed by atoms with Crippen LogP contribution in [-0.4, -0.2) is 75.9 Å². The zero-order chi connectivity index (χ0) is 28.5. The van der Waals surface area contributed by atoms with E-state index in [2.05, 4.69) is 67.7 Å². The Bertz CT molecular complexity index is 1100. The number of carbonyl (C=O) groups excluding carboxylic acids is 1. The van der Waals surface area contributed by atoms with Crippen LogP contribution in [0.25, 0.3) is 0 Å². The minimum Gasteiger partial charge on any atom is -0.411 e. The van der Waals surface area contributed by atoms with Gasteiger partial charge in [0.05, 0.1) is 18.4 Å². The molecule has 8 nitrogen and oxygen atoms in total. The highest BCUT2D eigenvalue weighted by Gasteiger charge is 2.61. The second-order valence-electron chi connectivity index (χ2n) is 14.2. The smallest absolute Gasteiger partial charge is 0.274 e. The van der Waals surface area contributed by atoms with Crippen LogP contribution in [0.15, 0.2) is 29.6 Å². The Morgan fingerprint density at radius 3 is 2.24 bits per heavy atom. The van der Waals surface area contributed by atoms with E-state index >= 15 is 0 Å². The molecule has 0 aromatic carbocycles. The van der Waals surface area contributed by atoms with Gasteiger partial charge in [-0.25, -0.2) is 0 Å². The summed E-state index contributed by atoms with van der Waals surface area (Å²) < 4.78 is 26.9. The molecule has 1 amide bonds. The van der Waals surface area contributed by atoms with Crippen molar-refractivity contribution in [2.45, 2.75) is 102 Å². The Kier molecular flexibility index (Phi) is 7.56. The van der Waals surface area contributed by atoms with Gasteiger partial charge in [0.25, 0.3) is 5.91 Å². The van der Waals surface area contributed by atoms with Crippen molar-refractivity contribution >= 4 is 22.5 Å². The number of ether oxygens (including phenoxy) is 2. The van der Waals surface area contributed by atoms with Crippen molar-refractivity contribution in [3.05, 3.63) is 35.3 Å². The number of hydrogen-bond acceptors (Lipinski definition) is 6. The zero-order valence-electron chi connectivity index (χ0n) is 25.2. The van der Waals surface area contributed by atoms with Crippen molar-refractivity contribution in [2.24, 2.45) is 5.92 Å². The molecule has 1 saturated carbocycles. The quantitative estimate of drug-likeness (QED) is 0.255. The van der Waals surface area contributed by atoms with E-state index in [1.165, 1.54) is 0 Å². The third-order valence-electron chi connectivity index (χ3n) is 9.58. The molecule has 0 bridgehead atoms. The Hall–Kier alpha value is -1.28. The Morgan fingerprint density at radius 2 is 1.66 bits per heavy atom. The highest BCUT2D eigenvalue weighted by molar-refractivity contribution is 6.74. The van der Waals surface area contributed by atoms with Gasteiger partial charge >= 0.3 is 0 Å². The van der Waals surface area contributed by atoms with Gasteiger partial charge in [0, 0.05) is 25.8 Å². The van der Waals surface area contributed by atoms with Crippen LogP contribution < -0.4 is 0 Å². The average molecular weight is 565 g/mol. The molecular formula is C28H48N2O6Si2. The fourth-order valence-electron chi connectivity index (χ4n) is 5.36. The van der Waals surface area contributed by atoms with Crippen LogP contribution in [-0.2, 0) is 18.3 Å². The molecule has 10 heteroatoms. The van der Waals surface area contributed by atoms with Crippen molar-refractivity contribution in [1.29, 1.82) is 0 Å². The van der Waals surface area contributed by atoms with Gasteiger partial charge in [-0.15, -0.1) is 0 Å². The predicted octanol–water partition coefficient (Wildman–Crippen LogP) is 5.49. The molecule has 4 rings (SSSR count). The number of aromatic nitrogens is 1. The van der Waals surface area contributed by atoms with E-state index < -0.39 is 34.6 Å². The lowest BCUT2D eigenvalue weighted by molar-refractivity contribution is -0.117. The van der Waals surface area contributed by atoms with Gasteiger partial charge in [0.15, 0.2) is 22.9 Å². The zero-order valence-corrected chi connectivity index (χ0v) is 27.2. The standard InChI is InChI=1S/C28H48N2O6Si2/c1-26(2,3)37(8,9)35-21-15-19-16-30-23(22(19)28(21,32)17-34-18-33-7)25(36-38(10,11)27(4,5)6)29-14-12-13-20(29)24(30)31/h12-14,19,21,25,32H,15-18H2,1-11H3/t19-,21-,25-,28+/m1/s1. The molecular weight excluding hydrogens is 516 g/mol. The van der Waals surface area contributed by atoms with E-state index in [1.54, 1.807) is 7.11 Å². The van der Waals surface area contributed by atoms with Gasteiger partial charge in [0.2, 0.25) is 0 Å². The number of fused-ring (bicyclic) bond motifs is 3. The van der Waals surface area contributed by atoms with Gasteiger partial charge in [-0.05, 0) is 60.4 Å². The van der Waals surface area contributed by atoms with E-state index in [0.717, 1.165) is 11.3 Å². The number of rotatable bonds is 8. The van der Waals surface area contributed by atoms with Crippen molar-refractivity contribution in [2.75, 3.05) is 27.1 Å². The third-order valence-corrected chi connectivity index (χ3v) is 18.5. The lowest BCUT2D eigenvalue weighted by atomic mass is 9.92. The van der Waals surface area contributed by atoms with E-state index in [4.69, 9.17) is 18.3 Å². The highest BCUT2D eigenvalue weighted by Crippen LogP contribution is 2.55. The lowest BCUT2D eigenvalue weighted by Gasteiger charge is -2.45. The van der Waals surface area contributed by atoms with Crippen molar-refractivity contribution < 1.29 is 28.2 Å². The molecule has 2 aliphatic heterocycles. The Morgan fingerprint density at radius 1 is 1.05 bits per heavy atom. The number of nitrogens with zero attached hydrogens (tertiary/aromatic N) is 2. The van der Waals surface area contributed by atoms with Crippen LogP contribution in [0.3, 0.4) is 0 Å². The molecule has 214 valence electrons.